The molecule has 0 spiro atoms. The summed E-state index contributed by atoms with van der Waals surface area (Å²) in [4.78, 5) is 39.7. The minimum atomic E-state index is -0.887. The number of benzene rings is 3. The van der Waals surface area contributed by atoms with Gasteiger partial charge in [0.05, 0.1) is 35.7 Å². The van der Waals surface area contributed by atoms with Crippen molar-refractivity contribution in [2.45, 2.75) is 51.5 Å². The summed E-state index contributed by atoms with van der Waals surface area (Å²) in [6.07, 6.45) is 1.53. The van der Waals surface area contributed by atoms with Gasteiger partial charge in [-0.3, -0.25) is 10.1 Å². The van der Waals surface area contributed by atoms with E-state index >= 15 is 0 Å². The Morgan fingerprint density at radius 3 is 2.04 bits per heavy atom. The van der Waals surface area contributed by atoms with Crippen molar-refractivity contribution in [3.05, 3.63) is 134 Å². The van der Waals surface area contributed by atoms with E-state index < -0.39 is 22.8 Å². The van der Waals surface area contributed by atoms with Gasteiger partial charge in [-0.05, 0) is 57.4 Å². The number of carbonyl (C=O) groups excluding carboxylic acids is 2. The molecule has 2 atom stereocenters. The highest BCUT2D eigenvalue weighted by Crippen LogP contribution is 2.40. The van der Waals surface area contributed by atoms with Gasteiger partial charge < -0.3 is 19.7 Å². The zero-order valence-electron chi connectivity index (χ0n) is 26.5. The average molecular weight is 612 g/mol. The number of allylic oxidation sites excluding steroid dienone is 2. The van der Waals surface area contributed by atoms with Gasteiger partial charge in [-0.1, -0.05) is 72.8 Å². The molecule has 3 aromatic rings. The number of nitrogens with one attached hydrogen (secondary N) is 1. The third-order valence-electron chi connectivity index (χ3n) is 8.42. The Bertz CT molecular complexity index is 1530. The van der Waals surface area contributed by atoms with Crippen molar-refractivity contribution in [2.24, 2.45) is 0 Å². The van der Waals surface area contributed by atoms with Gasteiger partial charge in [0.2, 0.25) is 0 Å². The van der Waals surface area contributed by atoms with E-state index in [9.17, 15) is 19.7 Å². The maximum Gasteiger partial charge on any atom is 0.336 e. The zero-order valence-corrected chi connectivity index (χ0v) is 26.5. The van der Waals surface area contributed by atoms with Crippen molar-refractivity contribution in [2.75, 3.05) is 27.3 Å². The Balaban J connectivity index is 1.43. The molecule has 0 radical (unpaired) electrons. The summed E-state index contributed by atoms with van der Waals surface area (Å²) in [6.45, 7) is 6.52. The predicted octanol–water partition coefficient (Wildman–Crippen LogP) is 6.48. The Morgan fingerprint density at radius 2 is 1.49 bits per heavy atom. The van der Waals surface area contributed by atoms with Crippen LogP contribution in [0.4, 0.5) is 5.69 Å². The molecule has 0 amide bonds. The monoisotopic (exact) mass is 611 g/mol. The molecule has 0 fully saturated rings. The molecule has 1 N–H and O–H groups in total. The molecule has 3 aromatic carbocycles. The topological polar surface area (TPSA) is 111 Å². The highest BCUT2D eigenvalue weighted by Gasteiger charge is 2.38. The fourth-order valence-electron chi connectivity index (χ4n) is 5.93. The lowest BCUT2D eigenvalue weighted by Crippen LogP contribution is -2.33. The molecule has 236 valence electrons. The molecule has 4 rings (SSSR count). The Hall–Kier alpha value is -4.76. The molecule has 45 heavy (non-hydrogen) atoms. The standard InChI is InChI=1S/C36H41N3O6/c1-24(22-31(27-14-8-6-9-15-27)28-16-10-7-11-17-28)38(4)20-13-21-45-36(41)33-26(3)37-25(2)32(35(40)44-5)34(33)29-18-12-19-30(23-29)39(42)43/h6-12,14-19,23-24,31,34,37H,13,20-22H2,1-5H3. The van der Waals surface area contributed by atoms with Crippen LogP contribution in [0.2, 0.25) is 0 Å². The number of non-ortho nitro benzene ring substituents is 1. The second kappa shape index (κ2) is 15.3. The molecule has 9 heteroatoms. The summed E-state index contributed by atoms with van der Waals surface area (Å²) in [5, 5.41) is 14.6. The first-order valence-corrected chi connectivity index (χ1v) is 15.1. The largest absolute Gasteiger partial charge is 0.466 e. The maximum absolute atomic E-state index is 13.6. The zero-order chi connectivity index (χ0) is 32.5. The number of dihydropyridines is 1. The summed E-state index contributed by atoms with van der Waals surface area (Å²) in [5.74, 6) is -1.85. The number of nitrogens with zero attached hydrogens (tertiary/aromatic N) is 2. The summed E-state index contributed by atoms with van der Waals surface area (Å²) < 4.78 is 10.8. The van der Waals surface area contributed by atoms with Crippen molar-refractivity contribution < 1.29 is 24.0 Å². The van der Waals surface area contributed by atoms with Crippen LogP contribution in [0.3, 0.4) is 0 Å². The molecule has 2 unspecified atom stereocenters. The minimum Gasteiger partial charge on any atom is -0.466 e. The average Bonchev–Trinajstić information content (AvgIpc) is 3.05. The summed E-state index contributed by atoms with van der Waals surface area (Å²) in [6, 6.07) is 27.2. The molecule has 1 aliphatic heterocycles. The van der Waals surface area contributed by atoms with Gasteiger partial charge in [0.15, 0.2) is 0 Å². The van der Waals surface area contributed by atoms with Crippen molar-refractivity contribution in [3.63, 3.8) is 0 Å². The van der Waals surface area contributed by atoms with Gasteiger partial charge in [0, 0.05) is 42.0 Å². The first-order chi connectivity index (χ1) is 21.6. The van der Waals surface area contributed by atoms with Crippen LogP contribution in [0, 0.1) is 10.1 Å². The molecule has 0 bridgehead atoms. The van der Waals surface area contributed by atoms with Gasteiger partial charge in [0.1, 0.15) is 0 Å². The van der Waals surface area contributed by atoms with Crippen LogP contribution in [0.5, 0.6) is 0 Å². The smallest absolute Gasteiger partial charge is 0.336 e. The van der Waals surface area contributed by atoms with Crippen molar-refractivity contribution >= 4 is 17.6 Å². The van der Waals surface area contributed by atoms with Crippen LogP contribution >= 0.6 is 0 Å². The highest BCUT2D eigenvalue weighted by molar-refractivity contribution is 5.99. The number of nitro groups is 1. The van der Waals surface area contributed by atoms with Gasteiger partial charge >= 0.3 is 11.9 Å². The second-order valence-corrected chi connectivity index (χ2v) is 11.4. The Morgan fingerprint density at radius 1 is 0.911 bits per heavy atom. The molecule has 0 aromatic heterocycles. The molecule has 1 aliphatic rings. The summed E-state index contributed by atoms with van der Waals surface area (Å²) in [7, 11) is 3.33. The molecular weight excluding hydrogens is 570 g/mol. The van der Waals surface area contributed by atoms with Gasteiger partial charge in [-0.2, -0.15) is 0 Å². The summed E-state index contributed by atoms with van der Waals surface area (Å²) in [5.41, 5.74) is 4.28. The van der Waals surface area contributed by atoms with Gasteiger partial charge in [0.25, 0.3) is 5.69 Å². The van der Waals surface area contributed by atoms with E-state index in [1.165, 1.54) is 36.4 Å². The maximum atomic E-state index is 13.6. The van der Waals surface area contributed by atoms with Crippen LogP contribution in [0.1, 0.15) is 62.1 Å². The van der Waals surface area contributed by atoms with E-state index in [-0.39, 0.29) is 35.4 Å². The predicted molar refractivity (Wildman–Crippen MR) is 173 cm³/mol. The Labute approximate surface area is 264 Å². The van der Waals surface area contributed by atoms with E-state index in [1.54, 1.807) is 19.9 Å². The Kier molecular flexibility index (Phi) is 11.3. The lowest BCUT2D eigenvalue weighted by molar-refractivity contribution is -0.384. The number of carbonyl (C=O) groups is 2. The molecular formula is C36H41N3O6. The fourth-order valence-corrected chi connectivity index (χ4v) is 5.93. The van der Waals surface area contributed by atoms with Crippen LogP contribution in [-0.4, -0.2) is 55.1 Å². The van der Waals surface area contributed by atoms with Crippen molar-refractivity contribution in [1.82, 2.24) is 10.2 Å². The third kappa shape index (κ3) is 8.05. The first-order valence-electron chi connectivity index (χ1n) is 15.1. The quantitative estimate of drug-likeness (QED) is 0.101. The van der Waals surface area contributed by atoms with Gasteiger partial charge in [-0.15, -0.1) is 0 Å². The number of ether oxygens (including phenoxy) is 2. The number of methoxy groups -OCH3 is 1. The minimum absolute atomic E-state index is 0.141. The number of rotatable bonds is 13. The van der Waals surface area contributed by atoms with Crippen molar-refractivity contribution in [3.8, 4) is 0 Å². The molecule has 0 aliphatic carbocycles. The van der Waals surface area contributed by atoms with Gasteiger partial charge in [-0.25, -0.2) is 9.59 Å². The number of hydrogen-bond acceptors (Lipinski definition) is 8. The van der Waals surface area contributed by atoms with Crippen LogP contribution in [-0.2, 0) is 19.1 Å². The SMILES string of the molecule is COC(=O)C1=C(C)NC(C)=C(C(=O)OCCCN(C)C(C)CC(c2ccccc2)c2ccccc2)C1c1cccc([N+](=O)[O-])c1. The van der Waals surface area contributed by atoms with Crippen LogP contribution in [0.25, 0.3) is 0 Å². The molecule has 0 saturated heterocycles. The normalized spacial score (nSPS) is 15.6. The van der Waals surface area contributed by atoms with Crippen molar-refractivity contribution in [1.29, 1.82) is 0 Å². The molecule has 0 saturated carbocycles. The van der Waals surface area contributed by atoms with Crippen LogP contribution < -0.4 is 5.32 Å². The van der Waals surface area contributed by atoms with E-state index in [4.69, 9.17) is 9.47 Å². The first kappa shape index (κ1) is 33.1. The molecule has 9 nitrogen and oxygen atoms in total. The van der Waals surface area contributed by atoms with Crippen LogP contribution in [0.15, 0.2) is 107 Å². The number of nitro benzene ring substituents is 1. The number of esters is 2. The third-order valence-corrected chi connectivity index (χ3v) is 8.42. The lowest BCUT2D eigenvalue weighted by atomic mass is 9.80. The van der Waals surface area contributed by atoms with E-state index in [0.29, 0.717) is 29.9 Å². The molecule has 1 heterocycles. The summed E-state index contributed by atoms with van der Waals surface area (Å²) >= 11 is 0. The number of hydrogen-bond donors (Lipinski definition) is 1. The van der Waals surface area contributed by atoms with E-state index in [1.807, 2.05) is 12.1 Å². The lowest BCUT2D eigenvalue weighted by Gasteiger charge is -2.30. The highest BCUT2D eigenvalue weighted by atomic mass is 16.6. The fraction of sp³-hybridized carbons (Fsp3) is 0.333. The van der Waals surface area contributed by atoms with E-state index in [2.05, 4.69) is 72.7 Å². The van der Waals surface area contributed by atoms with E-state index in [0.717, 1.165) is 6.42 Å². The second-order valence-electron chi connectivity index (χ2n) is 11.4.